The van der Waals surface area contributed by atoms with Crippen molar-refractivity contribution in [3.05, 3.63) is 39.8 Å². The van der Waals surface area contributed by atoms with E-state index in [-0.39, 0.29) is 22.7 Å². The van der Waals surface area contributed by atoms with Crippen LogP contribution in [-0.2, 0) is 0 Å². The van der Waals surface area contributed by atoms with E-state index in [1.54, 1.807) is 18.3 Å². The first-order chi connectivity index (χ1) is 16.0. The van der Waals surface area contributed by atoms with E-state index in [4.69, 9.17) is 23.2 Å². The molecule has 0 saturated heterocycles. The lowest BCUT2D eigenvalue weighted by Gasteiger charge is -2.47. The molecule has 3 fully saturated rings. The van der Waals surface area contributed by atoms with Gasteiger partial charge in [-0.15, -0.1) is 11.3 Å². The number of nitrogens with zero attached hydrogens (tertiary/aromatic N) is 4. The Hall–Kier alpha value is -2.29. The number of halogens is 3. The molecule has 0 aliphatic heterocycles. The number of H-pyrrole nitrogens is 1. The summed E-state index contributed by atoms with van der Waals surface area (Å²) >= 11 is 13.4. The van der Waals surface area contributed by atoms with E-state index in [0.29, 0.717) is 49.5 Å². The standard InChI is InChI=1S/C23H21Cl2FN6S/c1-10-11-2-4-12(5-3-11)18(10)30-22-17(26)20(14-6-7-16(25)33-14)31-21(32-22)13-8-28-23-19(13)27-9-15(24)29-23/h6-12,18H,2-5H2,1H3,(H,28,29)(H,30,31,32)/t10-,11?,12?,18+/m0/s1. The molecular formula is C23H21Cl2FN6S. The normalized spacial score (nSPS) is 24.5. The number of rotatable bonds is 4. The fourth-order valence-corrected chi connectivity index (χ4v) is 6.63. The number of thiophene rings is 1. The molecule has 33 heavy (non-hydrogen) atoms. The molecule has 7 rings (SSSR count). The summed E-state index contributed by atoms with van der Waals surface area (Å²) in [5.74, 6) is 1.82. The summed E-state index contributed by atoms with van der Waals surface area (Å²) in [4.78, 5) is 21.6. The third-order valence-electron chi connectivity index (χ3n) is 7.19. The average molecular weight is 503 g/mol. The third kappa shape index (κ3) is 3.68. The molecule has 0 unspecified atom stereocenters. The molecule has 2 atom stereocenters. The van der Waals surface area contributed by atoms with E-state index in [2.05, 4.69) is 37.2 Å². The number of fused-ring (bicyclic) bond motifs is 4. The first-order valence-corrected chi connectivity index (χ1v) is 12.6. The summed E-state index contributed by atoms with van der Waals surface area (Å²) in [7, 11) is 0. The predicted octanol–water partition coefficient (Wildman–Crippen LogP) is 6.83. The molecular weight excluding hydrogens is 482 g/mol. The quantitative estimate of drug-likeness (QED) is 0.319. The molecule has 6 nitrogen and oxygen atoms in total. The number of aromatic nitrogens is 5. The van der Waals surface area contributed by atoms with Gasteiger partial charge in [0, 0.05) is 12.2 Å². The average Bonchev–Trinajstić information content (AvgIpc) is 3.43. The number of anilines is 1. The molecule has 0 spiro atoms. The molecule has 3 aliphatic rings. The van der Waals surface area contributed by atoms with Crippen molar-refractivity contribution < 1.29 is 4.39 Å². The Morgan fingerprint density at radius 1 is 1.09 bits per heavy atom. The minimum absolute atomic E-state index is 0.191. The van der Waals surface area contributed by atoms with Gasteiger partial charge in [-0.1, -0.05) is 30.1 Å². The summed E-state index contributed by atoms with van der Waals surface area (Å²) in [6, 6.07) is 3.72. The first kappa shape index (κ1) is 21.3. The SMILES string of the molecule is C[C@H]1C2CCC(CC2)[C@@H]1Nc1nc(-c2c[nH]c3nc(Cl)cnc23)nc(-c2ccc(Cl)s2)c1F. The van der Waals surface area contributed by atoms with Crippen molar-refractivity contribution in [1.29, 1.82) is 0 Å². The molecule has 2 N–H and O–H groups in total. The molecule has 0 aromatic carbocycles. The van der Waals surface area contributed by atoms with Gasteiger partial charge in [-0.25, -0.2) is 24.3 Å². The van der Waals surface area contributed by atoms with Gasteiger partial charge in [0.2, 0.25) is 0 Å². The van der Waals surface area contributed by atoms with E-state index < -0.39 is 5.82 Å². The first-order valence-electron chi connectivity index (χ1n) is 11.1. The van der Waals surface area contributed by atoms with Gasteiger partial charge in [-0.05, 0) is 55.6 Å². The number of aromatic amines is 1. The van der Waals surface area contributed by atoms with Crippen LogP contribution in [0.1, 0.15) is 32.6 Å². The Bertz CT molecular complexity index is 1340. The molecule has 10 heteroatoms. The van der Waals surface area contributed by atoms with Gasteiger partial charge < -0.3 is 10.3 Å². The minimum Gasteiger partial charge on any atom is -0.364 e. The molecule has 4 aromatic heterocycles. The highest BCUT2D eigenvalue weighted by Gasteiger charge is 2.41. The molecule has 4 aromatic rings. The maximum absolute atomic E-state index is 15.8. The zero-order valence-electron chi connectivity index (χ0n) is 17.8. The van der Waals surface area contributed by atoms with Crippen LogP contribution in [0.3, 0.4) is 0 Å². The number of nitrogens with one attached hydrogen (secondary N) is 2. The lowest BCUT2D eigenvalue weighted by atomic mass is 9.62. The molecule has 3 saturated carbocycles. The van der Waals surface area contributed by atoms with Gasteiger partial charge in [0.05, 0.1) is 21.0 Å². The minimum atomic E-state index is -0.458. The van der Waals surface area contributed by atoms with Crippen LogP contribution in [0.4, 0.5) is 10.2 Å². The maximum atomic E-state index is 15.8. The monoisotopic (exact) mass is 502 g/mol. The van der Waals surface area contributed by atoms with Crippen LogP contribution >= 0.6 is 34.5 Å². The van der Waals surface area contributed by atoms with E-state index in [0.717, 1.165) is 0 Å². The molecule has 3 aliphatic carbocycles. The van der Waals surface area contributed by atoms with Crippen molar-refractivity contribution in [3.63, 3.8) is 0 Å². The molecule has 0 amide bonds. The summed E-state index contributed by atoms with van der Waals surface area (Å²) < 4.78 is 16.4. The Morgan fingerprint density at radius 2 is 1.88 bits per heavy atom. The summed E-state index contributed by atoms with van der Waals surface area (Å²) in [5.41, 5.74) is 1.97. The number of hydrogen-bond acceptors (Lipinski definition) is 6. The van der Waals surface area contributed by atoms with E-state index in [1.165, 1.54) is 43.2 Å². The van der Waals surface area contributed by atoms with Crippen LogP contribution in [0.15, 0.2) is 24.5 Å². The van der Waals surface area contributed by atoms with Crippen molar-refractivity contribution in [1.82, 2.24) is 24.9 Å². The smallest absolute Gasteiger partial charge is 0.192 e. The zero-order chi connectivity index (χ0) is 22.7. The van der Waals surface area contributed by atoms with Crippen LogP contribution in [-0.4, -0.2) is 31.0 Å². The highest BCUT2D eigenvalue weighted by Crippen LogP contribution is 2.46. The summed E-state index contributed by atoms with van der Waals surface area (Å²) in [6.07, 6.45) is 8.09. The summed E-state index contributed by atoms with van der Waals surface area (Å²) in [5, 5.41) is 3.77. The second-order valence-corrected chi connectivity index (χ2v) is 11.1. The maximum Gasteiger partial charge on any atom is 0.192 e. The van der Waals surface area contributed by atoms with Gasteiger partial charge in [-0.3, -0.25) is 0 Å². The fourth-order valence-electron chi connectivity index (χ4n) is 5.47. The third-order valence-corrected chi connectivity index (χ3v) is 8.61. The molecule has 0 radical (unpaired) electrons. The summed E-state index contributed by atoms with van der Waals surface area (Å²) in [6.45, 7) is 2.27. The molecule has 170 valence electrons. The van der Waals surface area contributed by atoms with Crippen LogP contribution in [0.2, 0.25) is 9.49 Å². The van der Waals surface area contributed by atoms with E-state index in [1.807, 2.05) is 0 Å². The van der Waals surface area contributed by atoms with Crippen molar-refractivity contribution in [2.75, 3.05) is 5.32 Å². The number of hydrogen-bond donors (Lipinski definition) is 2. The van der Waals surface area contributed by atoms with Gasteiger partial charge in [0.25, 0.3) is 0 Å². The van der Waals surface area contributed by atoms with Crippen molar-refractivity contribution >= 4 is 51.5 Å². The zero-order valence-corrected chi connectivity index (χ0v) is 20.1. The largest absolute Gasteiger partial charge is 0.364 e. The van der Waals surface area contributed by atoms with Crippen LogP contribution in [0.5, 0.6) is 0 Å². The van der Waals surface area contributed by atoms with Crippen LogP contribution < -0.4 is 5.32 Å². The van der Waals surface area contributed by atoms with E-state index >= 15 is 4.39 Å². The van der Waals surface area contributed by atoms with Crippen molar-refractivity contribution in [2.24, 2.45) is 17.8 Å². The highest BCUT2D eigenvalue weighted by molar-refractivity contribution is 7.19. The predicted molar refractivity (Wildman–Crippen MR) is 130 cm³/mol. The van der Waals surface area contributed by atoms with Gasteiger partial charge >= 0.3 is 0 Å². The second kappa shape index (κ2) is 8.18. The Kier molecular flexibility index (Phi) is 5.27. The van der Waals surface area contributed by atoms with Gasteiger partial charge in [0.1, 0.15) is 16.4 Å². The topological polar surface area (TPSA) is 79.4 Å². The van der Waals surface area contributed by atoms with E-state index in [9.17, 15) is 0 Å². The second-order valence-electron chi connectivity index (χ2n) is 8.96. The fraction of sp³-hybridized carbons (Fsp3) is 0.391. The van der Waals surface area contributed by atoms with Crippen LogP contribution in [0, 0.1) is 23.6 Å². The Balaban J connectivity index is 1.48. The highest BCUT2D eigenvalue weighted by atomic mass is 35.5. The lowest BCUT2D eigenvalue weighted by Crippen LogP contribution is -2.47. The van der Waals surface area contributed by atoms with Gasteiger partial charge in [0.15, 0.2) is 23.1 Å². The Morgan fingerprint density at radius 3 is 2.61 bits per heavy atom. The van der Waals surface area contributed by atoms with Gasteiger partial charge in [-0.2, -0.15) is 0 Å². The molecule has 4 heterocycles. The molecule has 2 bridgehead atoms. The van der Waals surface area contributed by atoms with Crippen molar-refractivity contribution in [2.45, 2.75) is 38.6 Å². The lowest BCUT2D eigenvalue weighted by molar-refractivity contribution is 0.0926. The Labute approximate surface area is 204 Å². The van der Waals surface area contributed by atoms with Crippen molar-refractivity contribution in [3.8, 4) is 22.0 Å². The van der Waals surface area contributed by atoms with Crippen LogP contribution in [0.25, 0.3) is 33.1 Å².